The van der Waals surface area contributed by atoms with E-state index in [2.05, 4.69) is 31.2 Å². The summed E-state index contributed by atoms with van der Waals surface area (Å²) in [6, 6.07) is 8.83. The molecule has 1 aliphatic carbocycles. The third-order valence-corrected chi connectivity index (χ3v) is 3.29. The van der Waals surface area contributed by atoms with Crippen LogP contribution in [0.1, 0.15) is 37.3 Å². The van der Waals surface area contributed by atoms with Gasteiger partial charge in [0.15, 0.2) is 0 Å². The molecule has 0 spiro atoms. The Morgan fingerprint density at radius 3 is 2.50 bits per heavy atom. The molecule has 0 amide bonds. The fourth-order valence-corrected chi connectivity index (χ4v) is 2.28. The number of rotatable bonds is 3. The summed E-state index contributed by atoms with van der Waals surface area (Å²) < 4.78 is 0. The van der Waals surface area contributed by atoms with Gasteiger partial charge in [0, 0.05) is 0 Å². The maximum absolute atomic E-state index is 9.56. The number of aryl methyl sites for hydroxylation is 1. The number of aliphatic hydroxyl groups excluding tert-OH is 1. The molecule has 1 unspecified atom stereocenters. The molecule has 1 heteroatoms. The number of aliphatic hydroxyl groups is 1. The molecule has 1 nitrogen and oxygen atoms in total. The van der Waals surface area contributed by atoms with Crippen LogP contribution >= 0.6 is 0 Å². The first-order chi connectivity index (χ1) is 7.78. The van der Waals surface area contributed by atoms with Gasteiger partial charge in [-0.1, -0.05) is 42.8 Å². The van der Waals surface area contributed by atoms with Gasteiger partial charge in [0.1, 0.15) is 0 Å². The second kappa shape index (κ2) is 5.31. The van der Waals surface area contributed by atoms with Crippen LogP contribution in [0.25, 0.3) is 0 Å². The molecule has 0 radical (unpaired) electrons. The highest BCUT2D eigenvalue weighted by molar-refractivity contribution is 5.27. The van der Waals surface area contributed by atoms with Crippen molar-refractivity contribution >= 4 is 0 Å². The molecule has 1 aliphatic rings. The first kappa shape index (κ1) is 11.4. The van der Waals surface area contributed by atoms with Crippen molar-refractivity contribution in [1.82, 2.24) is 0 Å². The monoisotopic (exact) mass is 216 g/mol. The number of hydrogen-bond acceptors (Lipinski definition) is 1. The molecule has 16 heavy (non-hydrogen) atoms. The van der Waals surface area contributed by atoms with E-state index < -0.39 is 0 Å². The highest BCUT2D eigenvalue weighted by atomic mass is 16.3. The average molecular weight is 216 g/mol. The maximum Gasteiger partial charge on any atom is 0.0723 e. The van der Waals surface area contributed by atoms with Crippen LogP contribution in [0, 0.1) is 0 Å². The van der Waals surface area contributed by atoms with Gasteiger partial charge in [-0.25, -0.2) is 0 Å². The van der Waals surface area contributed by atoms with Crippen molar-refractivity contribution in [2.24, 2.45) is 0 Å². The molecule has 0 bridgehead atoms. The Bertz CT molecular complexity index is 362. The van der Waals surface area contributed by atoms with Gasteiger partial charge in [-0.3, -0.25) is 0 Å². The summed E-state index contributed by atoms with van der Waals surface area (Å²) >= 11 is 0. The second-order valence-electron chi connectivity index (χ2n) is 4.63. The van der Waals surface area contributed by atoms with Gasteiger partial charge in [0.05, 0.1) is 6.10 Å². The van der Waals surface area contributed by atoms with E-state index in [0.717, 1.165) is 32.1 Å². The smallest absolute Gasteiger partial charge is 0.0723 e. The van der Waals surface area contributed by atoms with Crippen LogP contribution in [0.5, 0.6) is 0 Å². The lowest BCUT2D eigenvalue weighted by molar-refractivity contribution is 0.202. The van der Waals surface area contributed by atoms with E-state index in [-0.39, 0.29) is 6.10 Å². The summed E-state index contributed by atoms with van der Waals surface area (Å²) in [6.45, 7) is 2.18. The maximum atomic E-state index is 9.56. The Balaban J connectivity index is 2.03. The van der Waals surface area contributed by atoms with Gasteiger partial charge in [0.2, 0.25) is 0 Å². The van der Waals surface area contributed by atoms with Crippen LogP contribution in [-0.4, -0.2) is 11.2 Å². The molecular formula is C15H20O. The minimum Gasteiger partial charge on any atom is -0.389 e. The van der Waals surface area contributed by atoms with Crippen molar-refractivity contribution < 1.29 is 5.11 Å². The van der Waals surface area contributed by atoms with E-state index in [9.17, 15) is 5.11 Å². The minimum atomic E-state index is -0.210. The van der Waals surface area contributed by atoms with E-state index in [1.807, 2.05) is 6.08 Å². The molecule has 1 N–H and O–H groups in total. The zero-order valence-corrected chi connectivity index (χ0v) is 9.95. The van der Waals surface area contributed by atoms with Crippen LogP contribution in [0.2, 0.25) is 0 Å². The molecule has 0 aliphatic heterocycles. The van der Waals surface area contributed by atoms with E-state index in [4.69, 9.17) is 0 Å². The highest BCUT2D eigenvalue weighted by Crippen LogP contribution is 2.21. The van der Waals surface area contributed by atoms with Crippen LogP contribution in [-0.2, 0) is 12.8 Å². The van der Waals surface area contributed by atoms with Crippen molar-refractivity contribution in [3.05, 3.63) is 47.0 Å². The number of hydrogen-bond donors (Lipinski definition) is 1. The molecule has 0 aromatic heterocycles. The Hall–Kier alpha value is -1.08. The van der Waals surface area contributed by atoms with Gasteiger partial charge in [-0.05, 0) is 43.2 Å². The average Bonchev–Trinajstić information content (AvgIpc) is 2.30. The first-order valence-corrected chi connectivity index (χ1v) is 6.23. The van der Waals surface area contributed by atoms with Crippen LogP contribution in [0.3, 0.4) is 0 Å². The normalized spacial score (nSPS) is 20.6. The molecular weight excluding hydrogens is 196 g/mol. The molecule has 0 heterocycles. The van der Waals surface area contributed by atoms with Gasteiger partial charge in [-0.15, -0.1) is 0 Å². The van der Waals surface area contributed by atoms with Crippen molar-refractivity contribution in [3.63, 3.8) is 0 Å². The predicted molar refractivity (Wildman–Crippen MR) is 67.5 cm³/mol. The topological polar surface area (TPSA) is 20.2 Å². The largest absolute Gasteiger partial charge is 0.389 e. The number of allylic oxidation sites excluding steroid dienone is 1. The molecule has 0 saturated heterocycles. The zero-order chi connectivity index (χ0) is 11.4. The zero-order valence-electron chi connectivity index (χ0n) is 9.95. The second-order valence-corrected chi connectivity index (χ2v) is 4.63. The van der Waals surface area contributed by atoms with E-state index >= 15 is 0 Å². The van der Waals surface area contributed by atoms with Gasteiger partial charge < -0.3 is 5.11 Å². The van der Waals surface area contributed by atoms with Crippen molar-refractivity contribution in [2.45, 2.75) is 45.1 Å². The van der Waals surface area contributed by atoms with Crippen molar-refractivity contribution in [1.29, 1.82) is 0 Å². The summed E-state index contributed by atoms with van der Waals surface area (Å²) in [6.07, 6.45) is 7.13. The quantitative estimate of drug-likeness (QED) is 0.769. The molecule has 0 saturated carbocycles. The SMILES string of the molecule is CCc1ccc(CC2=CC(O)CCC2)cc1. The third-order valence-electron chi connectivity index (χ3n) is 3.29. The number of benzene rings is 1. The standard InChI is InChI=1S/C15H20O/c1-2-12-6-8-13(9-7-12)10-14-4-3-5-15(16)11-14/h6-9,11,15-16H,2-5,10H2,1H3. The molecule has 1 aromatic carbocycles. The third kappa shape index (κ3) is 2.96. The van der Waals surface area contributed by atoms with Crippen molar-refractivity contribution in [2.75, 3.05) is 0 Å². The summed E-state index contributed by atoms with van der Waals surface area (Å²) in [7, 11) is 0. The fraction of sp³-hybridized carbons (Fsp3) is 0.467. The van der Waals surface area contributed by atoms with Gasteiger partial charge in [0.25, 0.3) is 0 Å². The Kier molecular flexibility index (Phi) is 3.79. The minimum absolute atomic E-state index is 0.210. The summed E-state index contributed by atoms with van der Waals surface area (Å²) in [5.41, 5.74) is 4.14. The van der Waals surface area contributed by atoms with Crippen LogP contribution in [0.4, 0.5) is 0 Å². The van der Waals surface area contributed by atoms with E-state index in [1.165, 1.54) is 16.7 Å². The van der Waals surface area contributed by atoms with Gasteiger partial charge in [-0.2, -0.15) is 0 Å². The lowest BCUT2D eigenvalue weighted by atomic mass is 9.92. The fourth-order valence-electron chi connectivity index (χ4n) is 2.28. The lowest BCUT2D eigenvalue weighted by Crippen LogP contribution is -2.10. The molecule has 0 fully saturated rings. The Morgan fingerprint density at radius 1 is 1.19 bits per heavy atom. The first-order valence-electron chi connectivity index (χ1n) is 6.23. The lowest BCUT2D eigenvalue weighted by Gasteiger charge is -2.17. The Labute approximate surface area is 97.8 Å². The molecule has 2 rings (SSSR count). The van der Waals surface area contributed by atoms with E-state index in [0.29, 0.717) is 0 Å². The van der Waals surface area contributed by atoms with Gasteiger partial charge >= 0.3 is 0 Å². The van der Waals surface area contributed by atoms with Crippen molar-refractivity contribution in [3.8, 4) is 0 Å². The molecule has 86 valence electrons. The predicted octanol–water partition coefficient (Wildman–Crippen LogP) is 3.26. The molecule has 1 aromatic rings. The summed E-state index contributed by atoms with van der Waals surface area (Å²) in [5, 5.41) is 9.56. The van der Waals surface area contributed by atoms with E-state index in [1.54, 1.807) is 0 Å². The van der Waals surface area contributed by atoms with Crippen LogP contribution < -0.4 is 0 Å². The summed E-state index contributed by atoms with van der Waals surface area (Å²) in [4.78, 5) is 0. The highest BCUT2D eigenvalue weighted by Gasteiger charge is 2.10. The summed E-state index contributed by atoms with van der Waals surface area (Å²) in [5.74, 6) is 0. The van der Waals surface area contributed by atoms with Crippen LogP contribution in [0.15, 0.2) is 35.9 Å². The Morgan fingerprint density at radius 2 is 1.88 bits per heavy atom. The molecule has 1 atom stereocenters.